The van der Waals surface area contributed by atoms with Gasteiger partial charge in [-0.2, -0.15) is 0 Å². The van der Waals surface area contributed by atoms with Crippen molar-refractivity contribution in [2.24, 2.45) is 0 Å². The number of halogens is 1. The van der Waals surface area contributed by atoms with Gasteiger partial charge < -0.3 is 14.6 Å². The Morgan fingerprint density at radius 3 is 2.40 bits per heavy atom. The maximum Gasteiger partial charge on any atom is 0.301 e. The number of methoxy groups -OCH3 is 2. The topological polar surface area (TPSA) is 89.0 Å². The van der Waals surface area contributed by atoms with Crippen LogP contribution < -0.4 is 14.4 Å². The van der Waals surface area contributed by atoms with E-state index in [2.05, 4.69) is 20.9 Å². The predicted molar refractivity (Wildman–Crippen MR) is 138 cm³/mol. The number of fused-ring (bicyclic) bond motifs is 1. The number of Topliss-reactive ketones (excluding diaryl/α,β-unsaturated/α-hetero) is 1. The van der Waals surface area contributed by atoms with E-state index in [1.54, 1.807) is 50.6 Å². The molecule has 0 aliphatic carbocycles. The van der Waals surface area contributed by atoms with Crippen molar-refractivity contribution in [1.82, 2.24) is 4.98 Å². The molecule has 35 heavy (non-hydrogen) atoms. The molecule has 176 valence electrons. The number of aromatic nitrogens is 1. The summed E-state index contributed by atoms with van der Waals surface area (Å²) in [5, 5.41) is 11.6. The minimum atomic E-state index is -0.864. The van der Waals surface area contributed by atoms with Crippen molar-refractivity contribution in [3.8, 4) is 11.5 Å². The Balaban J connectivity index is 1.70. The van der Waals surface area contributed by atoms with Crippen LogP contribution in [0.5, 0.6) is 11.5 Å². The normalized spacial score (nSPS) is 17.2. The van der Waals surface area contributed by atoms with Crippen molar-refractivity contribution in [1.29, 1.82) is 0 Å². The summed E-state index contributed by atoms with van der Waals surface area (Å²) in [6.45, 7) is 0. The zero-order valence-electron chi connectivity index (χ0n) is 18.7. The first-order valence-corrected chi connectivity index (χ1v) is 12.2. The second-order valence-corrected chi connectivity index (χ2v) is 9.71. The first kappa shape index (κ1) is 23.1. The van der Waals surface area contributed by atoms with Crippen LogP contribution in [-0.2, 0) is 9.59 Å². The number of aliphatic hydroxyl groups is 1. The zero-order valence-corrected chi connectivity index (χ0v) is 21.1. The van der Waals surface area contributed by atoms with Gasteiger partial charge in [0.15, 0.2) is 5.13 Å². The molecular formula is C26H19BrN2O5S. The van der Waals surface area contributed by atoms with Gasteiger partial charge in [0.1, 0.15) is 17.3 Å². The lowest BCUT2D eigenvalue weighted by Gasteiger charge is -2.23. The molecule has 1 saturated heterocycles. The number of benzene rings is 3. The van der Waals surface area contributed by atoms with Crippen LogP contribution in [0, 0.1) is 0 Å². The van der Waals surface area contributed by atoms with Crippen LogP contribution in [0.2, 0.25) is 0 Å². The number of amides is 1. The number of nitrogens with zero attached hydrogens (tertiary/aromatic N) is 2. The number of hydrogen-bond donors (Lipinski definition) is 1. The summed E-state index contributed by atoms with van der Waals surface area (Å²) in [6.07, 6.45) is 0. The Bertz CT molecular complexity index is 1500. The summed E-state index contributed by atoms with van der Waals surface area (Å²) in [5.74, 6) is -0.523. The van der Waals surface area contributed by atoms with E-state index in [0.717, 1.165) is 9.17 Å². The highest BCUT2D eigenvalue weighted by Gasteiger charge is 2.48. The molecule has 0 bridgehead atoms. The maximum absolute atomic E-state index is 13.4. The van der Waals surface area contributed by atoms with Gasteiger partial charge >= 0.3 is 5.91 Å². The Kier molecular flexibility index (Phi) is 6.04. The molecule has 0 unspecified atom stereocenters. The molecule has 1 atom stereocenters. The molecule has 5 rings (SSSR count). The second-order valence-electron chi connectivity index (χ2n) is 7.78. The molecule has 1 aromatic heterocycles. The third-order valence-corrected chi connectivity index (χ3v) is 7.27. The summed E-state index contributed by atoms with van der Waals surface area (Å²) in [7, 11) is 3.12. The van der Waals surface area contributed by atoms with Gasteiger partial charge in [-0.25, -0.2) is 4.98 Å². The average Bonchev–Trinajstić information content (AvgIpc) is 3.41. The van der Waals surface area contributed by atoms with Crippen LogP contribution in [0.15, 0.2) is 76.8 Å². The lowest BCUT2D eigenvalue weighted by Crippen LogP contribution is -2.29. The molecule has 7 nitrogen and oxygen atoms in total. The Hall–Kier alpha value is -3.69. The van der Waals surface area contributed by atoms with E-state index in [-0.39, 0.29) is 11.3 Å². The van der Waals surface area contributed by atoms with E-state index >= 15 is 0 Å². The minimum absolute atomic E-state index is 0.00453. The van der Waals surface area contributed by atoms with E-state index < -0.39 is 17.7 Å². The number of aliphatic hydroxyl groups excluding tert-OH is 1. The molecule has 4 aromatic rings. The molecule has 0 saturated carbocycles. The van der Waals surface area contributed by atoms with Gasteiger partial charge in [0.05, 0.1) is 36.1 Å². The van der Waals surface area contributed by atoms with Crippen LogP contribution in [-0.4, -0.2) is 36.0 Å². The summed E-state index contributed by atoms with van der Waals surface area (Å²) in [5.41, 5.74) is 1.73. The molecule has 0 radical (unpaired) electrons. The lowest BCUT2D eigenvalue weighted by molar-refractivity contribution is -0.132. The maximum atomic E-state index is 13.4. The van der Waals surface area contributed by atoms with Gasteiger partial charge in [0, 0.05) is 10.0 Å². The molecule has 1 aliphatic heterocycles. The summed E-state index contributed by atoms with van der Waals surface area (Å²) >= 11 is 4.75. The van der Waals surface area contributed by atoms with Crippen molar-refractivity contribution >= 4 is 60.1 Å². The molecule has 1 amide bonds. The average molecular weight is 551 g/mol. The van der Waals surface area contributed by atoms with E-state index in [0.29, 0.717) is 33.3 Å². The largest absolute Gasteiger partial charge is 0.507 e. The van der Waals surface area contributed by atoms with E-state index in [4.69, 9.17) is 9.47 Å². The quantitative estimate of drug-likeness (QED) is 0.195. The fraction of sp³-hybridized carbons (Fsp3) is 0.115. The Morgan fingerprint density at radius 1 is 1.00 bits per heavy atom. The first-order chi connectivity index (χ1) is 16.9. The number of ether oxygens (including phenoxy) is 2. The molecule has 1 fully saturated rings. The van der Waals surface area contributed by atoms with Gasteiger partial charge in [-0.05, 0) is 60.2 Å². The molecular weight excluding hydrogens is 532 g/mol. The predicted octanol–water partition coefficient (Wildman–Crippen LogP) is 5.70. The third kappa shape index (κ3) is 4.06. The summed E-state index contributed by atoms with van der Waals surface area (Å²) in [4.78, 5) is 32.7. The number of ketones is 1. The molecule has 3 aromatic carbocycles. The second kappa shape index (κ2) is 9.16. The molecule has 1 N–H and O–H groups in total. The van der Waals surface area contributed by atoms with Crippen molar-refractivity contribution in [3.05, 3.63) is 87.9 Å². The minimum Gasteiger partial charge on any atom is -0.507 e. The number of carbonyl (C=O) groups excluding carboxylic acids is 2. The van der Waals surface area contributed by atoms with Crippen LogP contribution in [0.1, 0.15) is 17.2 Å². The zero-order chi connectivity index (χ0) is 24.7. The number of anilines is 1. The van der Waals surface area contributed by atoms with E-state index in [9.17, 15) is 14.7 Å². The van der Waals surface area contributed by atoms with Crippen LogP contribution in [0.3, 0.4) is 0 Å². The van der Waals surface area contributed by atoms with Crippen molar-refractivity contribution in [2.45, 2.75) is 6.04 Å². The molecule has 0 spiro atoms. The SMILES string of the molecule is COc1ccc(/C(O)=C2\C(=O)C(=O)N(c3nc4ccc(OC)cc4s3)[C@H]2c2cccc(Br)c2)cc1. The number of carbonyl (C=O) groups is 2. The van der Waals surface area contributed by atoms with Crippen LogP contribution in [0.25, 0.3) is 16.0 Å². The van der Waals surface area contributed by atoms with Crippen LogP contribution >= 0.6 is 27.3 Å². The monoisotopic (exact) mass is 550 g/mol. The Morgan fingerprint density at radius 2 is 1.71 bits per heavy atom. The first-order valence-electron chi connectivity index (χ1n) is 10.6. The summed E-state index contributed by atoms with van der Waals surface area (Å²) < 4.78 is 12.1. The highest BCUT2D eigenvalue weighted by molar-refractivity contribution is 9.10. The fourth-order valence-electron chi connectivity index (χ4n) is 4.05. The highest BCUT2D eigenvalue weighted by atomic mass is 79.9. The fourth-order valence-corrected chi connectivity index (χ4v) is 5.49. The van der Waals surface area contributed by atoms with Gasteiger partial charge in [0.25, 0.3) is 5.78 Å². The molecule has 9 heteroatoms. The third-order valence-electron chi connectivity index (χ3n) is 5.76. The highest BCUT2D eigenvalue weighted by Crippen LogP contribution is 2.45. The van der Waals surface area contributed by atoms with Gasteiger partial charge in [-0.1, -0.05) is 39.4 Å². The van der Waals surface area contributed by atoms with Gasteiger partial charge in [-0.3, -0.25) is 14.5 Å². The standard InChI is InChI=1S/C26H19BrN2O5S/c1-33-17-8-6-14(7-9-17)23(30)21-22(15-4-3-5-16(27)12-15)29(25(32)24(21)31)26-28-19-11-10-18(34-2)13-20(19)35-26/h3-13,22,30H,1-2H3/b23-21+/t22-/m0/s1. The Labute approximate surface area is 213 Å². The van der Waals surface area contributed by atoms with Crippen molar-refractivity contribution in [2.75, 3.05) is 19.1 Å². The van der Waals surface area contributed by atoms with Crippen molar-refractivity contribution < 1.29 is 24.2 Å². The van der Waals surface area contributed by atoms with E-state index in [1.807, 2.05) is 30.3 Å². The van der Waals surface area contributed by atoms with Crippen LogP contribution in [0.4, 0.5) is 5.13 Å². The number of rotatable bonds is 5. The van der Waals surface area contributed by atoms with Gasteiger partial charge in [-0.15, -0.1) is 0 Å². The number of thiazole rings is 1. The molecule has 1 aliphatic rings. The van der Waals surface area contributed by atoms with Gasteiger partial charge in [0.2, 0.25) is 0 Å². The van der Waals surface area contributed by atoms with E-state index in [1.165, 1.54) is 16.2 Å². The molecule has 2 heterocycles. The van der Waals surface area contributed by atoms with Crippen molar-refractivity contribution in [3.63, 3.8) is 0 Å². The lowest BCUT2D eigenvalue weighted by atomic mass is 9.95. The smallest absolute Gasteiger partial charge is 0.301 e. The number of hydrogen-bond acceptors (Lipinski definition) is 7. The summed E-state index contributed by atoms with van der Waals surface area (Å²) in [6, 6.07) is 18.5.